The molecule has 4 rings (SSSR count). The second-order valence-electron chi connectivity index (χ2n) is 6.24. The van der Waals surface area contributed by atoms with Crippen LogP contribution in [0.4, 0.5) is 11.6 Å². The molecule has 0 saturated carbocycles. The highest BCUT2D eigenvalue weighted by Crippen LogP contribution is 2.29. The Kier molecular flexibility index (Phi) is 4.94. The summed E-state index contributed by atoms with van der Waals surface area (Å²) in [7, 11) is 0. The number of anilines is 2. The molecular weight excluding hydrogens is 332 g/mol. The Morgan fingerprint density at radius 3 is 2.96 bits per heavy atom. The van der Waals surface area contributed by atoms with Crippen molar-refractivity contribution in [3.63, 3.8) is 0 Å². The lowest BCUT2D eigenvalue weighted by Crippen LogP contribution is -2.34. The molecule has 0 aliphatic carbocycles. The van der Waals surface area contributed by atoms with Gasteiger partial charge in [-0.1, -0.05) is 0 Å². The Bertz CT molecular complexity index is 792. The minimum atomic E-state index is 0.526. The molecule has 128 valence electrons. The Morgan fingerprint density at radius 2 is 2.12 bits per heavy atom. The van der Waals surface area contributed by atoms with Crippen molar-refractivity contribution in [1.82, 2.24) is 24.8 Å². The zero-order chi connectivity index (χ0) is 16.9. The number of aromatic nitrogens is 4. The van der Waals surface area contributed by atoms with Gasteiger partial charge in [-0.05, 0) is 43.0 Å². The average Bonchev–Trinajstić information content (AvgIpc) is 3.16. The lowest BCUT2D eigenvalue weighted by atomic mass is 9.91. The van der Waals surface area contributed by atoms with E-state index in [1.807, 2.05) is 11.7 Å². The molecule has 6 nitrogen and oxygen atoms in total. The van der Waals surface area contributed by atoms with Crippen molar-refractivity contribution in [3.05, 3.63) is 59.1 Å². The van der Waals surface area contributed by atoms with E-state index >= 15 is 0 Å². The number of nitrogens with one attached hydrogen (secondary N) is 1. The fourth-order valence-electron chi connectivity index (χ4n) is 3.28. The van der Waals surface area contributed by atoms with Gasteiger partial charge in [-0.2, -0.15) is 0 Å². The van der Waals surface area contributed by atoms with E-state index in [9.17, 15) is 0 Å². The first-order chi connectivity index (χ1) is 12.4. The number of likely N-dealkylation sites (tertiary alicyclic amines) is 1. The highest BCUT2D eigenvalue weighted by molar-refractivity contribution is 7.07. The van der Waals surface area contributed by atoms with Gasteiger partial charge in [0.2, 0.25) is 0 Å². The van der Waals surface area contributed by atoms with Gasteiger partial charge in [0.05, 0.1) is 17.4 Å². The second kappa shape index (κ2) is 7.67. The molecule has 1 unspecified atom stereocenters. The van der Waals surface area contributed by atoms with Gasteiger partial charge in [0.25, 0.3) is 0 Å². The van der Waals surface area contributed by atoms with Crippen LogP contribution in [0, 0.1) is 0 Å². The molecule has 0 bridgehead atoms. The zero-order valence-corrected chi connectivity index (χ0v) is 14.7. The van der Waals surface area contributed by atoms with Crippen LogP contribution in [0.2, 0.25) is 0 Å². The predicted octanol–water partition coefficient (Wildman–Crippen LogP) is 3.45. The molecule has 0 amide bonds. The SMILES string of the molecule is c1cnc(Nc2cc(C3CCCN(Cc4cscn4)C3)ccn2)cn1. The molecule has 1 saturated heterocycles. The van der Waals surface area contributed by atoms with E-state index < -0.39 is 0 Å². The number of thiazole rings is 1. The first-order valence-electron chi connectivity index (χ1n) is 8.45. The number of hydrogen-bond acceptors (Lipinski definition) is 7. The Labute approximate surface area is 151 Å². The van der Waals surface area contributed by atoms with Gasteiger partial charge in [0.15, 0.2) is 0 Å². The normalized spacial score (nSPS) is 18.2. The van der Waals surface area contributed by atoms with Crippen molar-refractivity contribution in [2.24, 2.45) is 0 Å². The summed E-state index contributed by atoms with van der Waals surface area (Å²) >= 11 is 1.66. The third kappa shape index (κ3) is 4.18. The van der Waals surface area contributed by atoms with Gasteiger partial charge in [0, 0.05) is 37.1 Å². The quantitative estimate of drug-likeness (QED) is 0.759. The standard InChI is InChI=1S/C18H20N6S/c1-2-15(10-24(7-1)11-16-12-25-13-22-16)14-3-4-20-17(8-14)23-18-9-19-5-6-21-18/h3-6,8-9,12-13,15H,1-2,7,10-11H2,(H,20,21,23). The Hall–Kier alpha value is -2.38. The van der Waals surface area contributed by atoms with Crippen LogP contribution in [0.5, 0.6) is 0 Å². The number of pyridine rings is 1. The van der Waals surface area contributed by atoms with Crippen molar-refractivity contribution in [1.29, 1.82) is 0 Å². The van der Waals surface area contributed by atoms with Crippen LogP contribution in [-0.4, -0.2) is 37.9 Å². The smallest absolute Gasteiger partial charge is 0.150 e. The van der Waals surface area contributed by atoms with Crippen LogP contribution in [0.15, 0.2) is 47.8 Å². The van der Waals surface area contributed by atoms with Crippen molar-refractivity contribution in [2.45, 2.75) is 25.3 Å². The van der Waals surface area contributed by atoms with Crippen LogP contribution in [0.3, 0.4) is 0 Å². The summed E-state index contributed by atoms with van der Waals surface area (Å²) in [6, 6.07) is 4.25. The molecule has 25 heavy (non-hydrogen) atoms. The third-order valence-corrected chi connectivity index (χ3v) is 5.08. The van der Waals surface area contributed by atoms with Crippen LogP contribution in [-0.2, 0) is 6.54 Å². The summed E-state index contributed by atoms with van der Waals surface area (Å²) in [5.41, 5.74) is 4.40. The molecular formula is C18H20N6S. The Balaban J connectivity index is 1.44. The molecule has 0 aromatic carbocycles. The van der Waals surface area contributed by atoms with Gasteiger partial charge >= 0.3 is 0 Å². The molecule has 1 N–H and O–H groups in total. The lowest BCUT2D eigenvalue weighted by molar-refractivity contribution is 0.198. The molecule has 3 aromatic rings. The Morgan fingerprint density at radius 1 is 1.16 bits per heavy atom. The summed E-state index contributed by atoms with van der Waals surface area (Å²) < 4.78 is 0. The molecule has 1 aliphatic rings. The first kappa shape index (κ1) is 16.1. The van der Waals surface area contributed by atoms with Gasteiger partial charge in [0.1, 0.15) is 11.6 Å². The molecule has 3 aromatic heterocycles. The van der Waals surface area contributed by atoms with Crippen molar-refractivity contribution in [2.75, 3.05) is 18.4 Å². The average molecular weight is 352 g/mol. The number of piperidine rings is 1. The number of rotatable bonds is 5. The second-order valence-corrected chi connectivity index (χ2v) is 6.96. The molecule has 1 aliphatic heterocycles. The van der Waals surface area contributed by atoms with Crippen molar-refractivity contribution >= 4 is 23.0 Å². The minimum Gasteiger partial charge on any atom is -0.324 e. The molecule has 0 radical (unpaired) electrons. The van der Waals surface area contributed by atoms with E-state index in [0.29, 0.717) is 11.7 Å². The van der Waals surface area contributed by atoms with E-state index in [4.69, 9.17) is 0 Å². The maximum absolute atomic E-state index is 4.41. The molecule has 1 fully saturated rings. The summed E-state index contributed by atoms with van der Waals surface area (Å²) in [4.78, 5) is 19.6. The maximum atomic E-state index is 4.41. The van der Waals surface area contributed by atoms with Gasteiger partial charge in [-0.25, -0.2) is 15.0 Å². The zero-order valence-electron chi connectivity index (χ0n) is 13.9. The summed E-state index contributed by atoms with van der Waals surface area (Å²) in [5.74, 6) is 2.05. The van der Waals surface area contributed by atoms with Gasteiger partial charge in [-0.3, -0.25) is 9.88 Å². The van der Waals surface area contributed by atoms with Crippen LogP contribution in [0.1, 0.15) is 30.0 Å². The fourth-order valence-corrected chi connectivity index (χ4v) is 3.83. The highest BCUT2D eigenvalue weighted by Gasteiger charge is 2.22. The summed E-state index contributed by atoms with van der Waals surface area (Å²) in [6.07, 6.45) is 9.32. The fraction of sp³-hybridized carbons (Fsp3) is 0.333. The molecule has 1 atom stereocenters. The minimum absolute atomic E-state index is 0.526. The number of nitrogens with zero attached hydrogens (tertiary/aromatic N) is 5. The van der Waals surface area contributed by atoms with Gasteiger partial charge < -0.3 is 5.32 Å². The van der Waals surface area contributed by atoms with E-state index in [1.54, 1.807) is 29.9 Å². The van der Waals surface area contributed by atoms with Crippen LogP contribution in [0.25, 0.3) is 0 Å². The van der Waals surface area contributed by atoms with Crippen molar-refractivity contribution in [3.8, 4) is 0 Å². The summed E-state index contributed by atoms with van der Waals surface area (Å²) in [6.45, 7) is 3.14. The van der Waals surface area contributed by atoms with E-state index in [0.717, 1.165) is 25.5 Å². The maximum Gasteiger partial charge on any atom is 0.150 e. The largest absolute Gasteiger partial charge is 0.324 e. The van der Waals surface area contributed by atoms with Gasteiger partial charge in [-0.15, -0.1) is 11.3 Å². The van der Waals surface area contributed by atoms with E-state index in [-0.39, 0.29) is 0 Å². The predicted molar refractivity (Wildman–Crippen MR) is 98.9 cm³/mol. The number of hydrogen-bond donors (Lipinski definition) is 1. The monoisotopic (exact) mass is 352 g/mol. The summed E-state index contributed by atoms with van der Waals surface area (Å²) in [5, 5.41) is 5.36. The molecule has 0 spiro atoms. The third-order valence-electron chi connectivity index (χ3n) is 4.45. The van der Waals surface area contributed by atoms with Crippen LogP contribution >= 0.6 is 11.3 Å². The molecule has 7 heteroatoms. The molecule has 4 heterocycles. The van der Waals surface area contributed by atoms with E-state index in [2.05, 4.69) is 47.7 Å². The highest BCUT2D eigenvalue weighted by atomic mass is 32.1. The van der Waals surface area contributed by atoms with Crippen molar-refractivity contribution < 1.29 is 0 Å². The first-order valence-corrected chi connectivity index (χ1v) is 9.39. The van der Waals surface area contributed by atoms with Crippen LogP contribution < -0.4 is 5.32 Å². The lowest BCUT2D eigenvalue weighted by Gasteiger charge is -2.32. The topological polar surface area (TPSA) is 66.8 Å². The van der Waals surface area contributed by atoms with E-state index in [1.165, 1.54) is 24.1 Å².